The average Bonchev–Trinajstić information content (AvgIpc) is 3.48. The van der Waals surface area contributed by atoms with Crippen LogP contribution in [0.5, 0.6) is 5.75 Å². The topological polar surface area (TPSA) is 54.8 Å². The normalized spacial score (nSPS) is 11.0. The molecule has 3 aromatic carbocycles. The van der Waals surface area contributed by atoms with Gasteiger partial charge in [-0.25, -0.2) is 0 Å². The van der Waals surface area contributed by atoms with Crippen LogP contribution in [0.3, 0.4) is 0 Å². The summed E-state index contributed by atoms with van der Waals surface area (Å²) in [5.41, 5.74) is 5.05. The molecule has 6 heteroatoms. The summed E-state index contributed by atoms with van der Waals surface area (Å²) in [6.07, 6.45) is 7.92. The number of amides is 2. The van der Waals surface area contributed by atoms with Crippen molar-refractivity contribution in [2.75, 3.05) is 13.7 Å². The monoisotopic (exact) mass is 593 g/mol. The van der Waals surface area contributed by atoms with Crippen LogP contribution in [0.2, 0.25) is 0 Å². The van der Waals surface area contributed by atoms with Gasteiger partial charge in [0.1, 0.15) is 12.3 Å². The van der Waals surface area contributed by atoms with Gasteiger partial charge >= 0.3 is 0 Å². The van der Waals surface area contributed by atoms with Crippen LogP contribution in [0, 0.1) is 0 Å². The summed E-state index contributed by atoms with van der Waals surface area (Å²) in [5.74, 6) is 0.613. The summed E-state index contributed by atoms with van der Waals surface area (Å²) in [7, 11) is 1.67. The molecular formula is C38H47N3O3. The van der Waals surface area contributed by atoms with E-state index >= 15 is 0 Å². The first-order chi connectivity index (χ1) is 21.4. The molecule has 0 aliphatic carbocycles. The molecule has 6 nitrogen and oxygen atoms in total. The highest BCUT2D eigenvalue weighted by Gasteiger charge is 2.25. The lowest BCUT2D eigenvalue weighted by Crippen LogP contribution is -2.45. The molecule has 0 radical (unpaired) electrons. The first-order valence-electron chi connectivity index (χ1n) is 15.9. The zero-order valence-corrected chi connectivity index (χ0v) is 26.7. The molecule has 0 aliphatic heterocycles. The molecule has 0 fully saturated rings. The van der Waals surface area contributed by atoms with Gasteiger partial charge in [-0.2, -0.15) is 0 Å². The molecule has 0 N–H and O–H groups in total. The maximum atomic E-state index is 14.0. The number of nitrogens with zero attached hydrogens (tertiary/aromatic N) is 3. The van der Waals surface area contributed by atoms with Crippen LogP contribution in [-0.4, -0.2) is 45.9 Å². The molecule has 232 valence electrons. The minimum Gasteiger partial charge on any atom is -0.497 e. The molecule has 0 saturated carbocycles. The summed E-state index contributed by atoms with van der Waals surface area (Å²) < 4.78 is 7.57. The SMILES string of the molecule is CCCCCCc1ccc(C(=O)N(CC(=O)N(Cc2ccccc2)Cc2cccn2Cc2cccc(OC)c2)C(C)C)cc1. The Morgan fingerprint density at radius 2 is 1.55 bits per heavy atom. The van der Waals surface area contributed by atoms with Crippen molar-refractivity contribution in [3.8, 4) is 5.75 Å². The van der Waals surface area contributed by atoms with E-state index in [1.165, 1.54) is 24.8 Å². The van der Waals surface area contributed by atoms with Gasteiger partial charge in [0.2, 0.25) is 5.91 Å². The Balaban J connectivity index is 1.50. The smallest absolute Gasteiger partial charge is 0.254 e. The minimum atomic E-state index is -0.129. The highest BCUT2D eigenvalue weighted by molar-refractivity contribution is 5.96. The largest absolute Gasteiger partial charge is 0.497 e. The second-order valence-corrected chi connectivity index (χ2v) is 11.7. The number of unbranched alkanes of at least 4 members (excludes halogenated alkanes) is 3. The molecule has 44 heavy (non-hydrogen) atoms. The van der Waals surface area contributed by atoms with E-state index in [9.17, 15) is 9.59 Å². The van der Waals surface area contributed by atoms with Crippen LogP contribution in [-0.2, 0) is 30.8 Å². The van der Waals surface area contributed by atoms with E-state index in [1.54, 1.807) is 12.0 Å². The number of rotatable bonds is 16. The molecule has 2 amide bonds. The Morgan fingerprint density at radius 3 is 2.25 bits per heavy atom. The van der Waals surface area contributed by atoms with Crippen molar-refractivity contribution in [3.63, 3.8) is 0 Å². The Bertz CT molecular complexity index is 1460. The van der Waals surface area contributed by atoms with Crippen molar-refractivity contribution >= 4 is 11.8 Å². The Morgan fingerprint density at radius 1 is 0.795 bits per heavy atom. The molecule has 1 heterocycles. The zero-order valence-electron chi connectivity index (χ0n) is 26.7. The van der Waals surface area contributed by atoms with Gasteiger partial charge in [0.05, 0.1) is 13.7 Å². The van der Waals surface area contributed by atoms with Crippen LogP contribution in [0.15, 0.2) is 97.2 Å². The van der Waals surface area contributed by atoms with Gasteiger partial charge in [-0.05, 0) is 79.8 Å². The Kier molecular flexibility index (Phi) is 12.2. The quantitative estimate of drug-likeness (QED) is 0.125. The third-order valence-corrected chi connectivity index (χ3v) is 8.04. The number of ether oxygens (including phenoxy) is 1. The van der Waals surface area contributed by atoms with Crippen molar-refractivity contribution in [3.05, 3.63) is 125 Å². The summed E-state index contributed by atoms with van der Waals surface area (Å²) in [4.78, 5) is 31.2. The van der Waals surface area contributed by atoms with E-state index in [2.05, 4.69) is 35.8 Å². The number of hydrogen-bond acceptors (Lipinski definition) is 3. The van der Waals surface area contributed by atoms with E-state index in [-0.39, 0.29) is 24.4 Å². The fourth-order valence-corrected chi connectivity index (χ4v) is 5.42. The first-order valence-corrected chi connectivity index (χ1v) is 15.9. The van der Waals surface area contributed by atoms with Crippen molar-refractivity contribution in [1.82, 2.24) is 14.4 Å². The van der Waals surface area contributed by atoms with Crippen molar-refractivity contribution in [2.24, 2.45) is 0 Å². The van der Waals surface area contributed by atoms with Gasteiger partial charge in [-0.3, -0.25) is 9.59 Å². The zero-order chi connectivity index (χ0) is 31.3. The second-order valence-electron chi connectivity index (χ2n) is 11.7. The third kappa shape index (κ3) is 9.34. The highest BCUT2D eigenvalue weighted by atomic mass is 16.5. The number of hydrogen-bond donors (Lipinski definition) is 0. The van der Waals surface area contributed by atoms with E-state index in [4.69, 9.17) is 4.74 Å². The predicted molar refractivity (Wildman–Crippen MR) is 178 cm³/mol. The molecule has 0 saturated heterocycles. The van der Waals surface area contributed by atoms with Crippen LogP contribution in [0.25, 0.3) is 0 Å². The molecule has 0 bridgehead atoms. The lowest BCUT2D eigenvalue weighted by atomic mass is 10.0. The maximum Gasteiger partial charge on any atom is 0.254 e. The molecule has 4 aromatic rings. The van der Waals surface area contributed by atoms with Gasteiger partial charge in [-0.15, -0.1) is 0 Å². The molecule has 0 atom stereocenters. The lowest BCUT2D eigenvalue weighted by molar-refractivity contribution is -0.133. The van der Waals surface area contributed by atoms with Gasteiger partial charge in [0.15, 0.2) is 0 Å². The van der Waals surface area contributed by atoms with E-state index in [0.717, 1.165) is 35.4 Å². The predicted octanol–water partition coefficient (Wildman–Crippen LogP) is 7.75. The van der Waals surface area contributed by atoms with E-state index in [1.807, 2.05) is 91.7 Å². The average molecular weight is 594 g/mol. The molecule has 0 unspecified atom stereocenters. The molecule has 0 aliphatic rings. The van der Waals surface area contributed by atoms with Crippen LogP contribution in [0.1, 0.15) is 79.2 Å². The number of benzene rings is 3. The molecule has 1 aromatic heterocycles. The summed E-state index contributed by atoms with van der Waals surface area (Å²) in [6.45, 7) is 7.71. The summed E-state index contributed by atoms with van der Waals surface area (Å²) in [5, 5.41) is 0. The number of carbonyl (C=O) groups is 2. The standard InChI is InChI=1S/C38H47N3O3/c1-5-6-7-9-14-31-20-22-34(23-21-31)38(43)41(30(2)3)29-37(42)40(26-32-15-10-8-11-16-32)28-35-18-13-24-39(35)27-33-17-12-19-36(25-33)44-4/h8,10-13,15-25,30H,5-7,9,14,26-29H2,1-4H3. The second kappa shape index (κ2) is 16.5. The van der Waals surface area contributed by atoms with E-state index < -0.39 is 0 Å². The summed E-state index contributed by atoms with van der Waals surface area (Å²) >= 11 is 0. The Labute approximate surface area is 263 Å². The van der Waals surface area contributed by atoms with Crippen LogP contribution < -0.4 is 4.74 Å². The fraction of sp³-hybridized carbons (Fsp3) is 0.368. The first kappa shape index (κ1) is 32.6. The van der Waals surface area contributed by atoms with Gasteiger partial charge < -0.3 is 19.1 Å². The summed E-state index contributed by atoms with van der Waals surface area (Å²) in [6, 6.07) is 29.9. The van der Waals surface area contributed by atoms with Gasteiger partial charge in [0, 0.05) is 36.6 Å². The van der Waals surface area contributed by atoms with Crippen molar-refractivity contribution in [2.45, 2.75) is 78.6 Å². The maximum absolute atomic E-state index is 14.0. The molecule has 0 spiro atoms. The van der Waals surface area contributed by atoms with E-state index in [0.29, 0.717) is 25.2 Å². The van der Waals surface area contributed by atoms with Gasteiger partial charge in [0.25, 0.3) is 5.91 Å². The number of methoxy groups -OCH3 is 1. The minimum absolute atomic E-state index is 0.0126. The Hall–Kier alpha value is -4.32. The van der Waals surface area contributed by atoms with Crippen LogP contribution >= 0.6 is 0 Å². The van der Waals surface area contributed by atoms with Crippen LogP contribution in [0.4, 0.5) is 0 Å². The molecule has 4 rings (SSSR count). The lowest BCUT2D eigenvalue weighted by Gasteiger charge is -2.30. The number of carbonyl (C=O) groups excluding carboxylic acids is 2. The van der Waals surface area contributed by atoms with Crippen molar-refractivity contribution < 1.29 is 14.3 Å². The fourth-order valence-electron chi connectivity index (χ4n) is 5.42. The third-order valence-electron chi connectivity index (χ3n) is 8.04. The molecular weight excluding hydrogens is 546 g/mol. The van der Waals surface area contributed by atoms with Crippen molar-refractivity contribution in [1.29, 1.82) is 0 Å². The number of aryl methyl sites for hydroxylation is 1. The van der Waals surface area contributed by atoms with Gasteiger partial charge in [-0.1, -0.05) is 80.8 Å². The number of aromatic nitrogens is 1. The highest BCUT2D eigenvalue weighted by Crippen LogP contribution is 2.18.